The van der Waals surface area contributed by atoms with E-state index in [1.54, 1.807) is 6.20 Å². The molecule has 0 bridgehead atoms. The van der Waals surface area contributed by atoms with E-state index in [9.17, 15) is 5.11 Å². The first-order chi connectivity index (χ1) is 13.1. The highest BCUT2D eigenvalue weighted by Crippen LogP contribution is 2.20. The summed E-state index contributed by atoms with van der Waals surface area (Å²) < 4.78 is 5.69. The van der Waals surface area contributed by atoms with Gasteiger partial charge in [0.1, 0.15) is 5.75 Å². The van der Waals surface area contributed by atoms with Gasteiger partial charge in [-0.15, -0.1) is 24.0 Å². The molecular formula is C21H31IN4O2. The van der Waals surface area contributed by atoms with Crippen LogP contribution in [0.2, 0.25) is 0 Å². The lowest BCUT2D eigenvalue weighted by atomic mass is 10.1. The largest absolute Gasteiger partial charge is 0.491 e. The van der Waals surface area contributed by atoms with Gasteiger partial charge >= 0.3 is 0 Å². The van der Waals surface area contributed by atoms with Crippen LogP contribution in [0.25, 0.3) is 0 Å². The van der Waals surface area contributed by atoms with Crippen molar-refractivity contribution in [3.05, 3.63) is 59.9 Å². The predicted octanol–water partition coefficient (Wildman–Crippen LogP) is 3.32. The van der Waals surface area contributed by atoms with E-state index < -0.39 is 6.10 Å². The Balaban J connectivity index is 0.00000392. The maximum absolute atomic E-state index is 10.5. The van der Waals surface area contributed by atoms with E-state index in [1.807, 2.05) is 63.2 Å². The first-order valence-electron chi connectivity index (χ1n) is 9.45. The van der Waals surface area contributed by atoms with E-state index in [0.29, 0.717) is 5.96 Å². The SMILES string of the molecule is CCNC(=NCC(O)c1cccc(OC(C)C)c1)NCCc1ccccn1.I. The Morgan fingerprint density at radius 3 is 2.68 bits per heavy atom. The van der Waals surface area contributed by atoms with Crippen LogP contribution in [-0.4, -0.2) is 41.8 Å². The van der Waals surface area contributed by atoms with Crippen LogP contribution in [0.1, 0.15) is 38.1 Å². The second-order valence-corrected chi connectivity index (χ2v) is 6.47. The summed E-state index contributed by atoms with van der Waals surface area (Å²) >= 11 is 0. The maximum Gasteiger partial charge on any atom is 0.191 e. The molecule has 0 aliphatic rings. The highest BCUT2D eigenvalue weighted by molar-refractivity contribution is 14.0. The first kappa shape index (κ1) is 24.2. The van der Waals surface area contributed by atoms with Gasteiger partial charge in [0, 0.05) is 31.4 Å². The number of hydrogen-bond acceptors (Lipinski definition) is 4. The Kier molecular flexibility index (Phi) is 11.5. The normalized spacial score (nSPS) is 12.2. The molecule has 2 rings (SSSR count). The molecule has 6 nitrogen and oxygen atoms in total. The molecule has 0 aliphatic carbocycles. The Labute approximate surface area is 184 Å². The van der Waals surface area contributed by atoms with Crippen LogP contribution in [0.3, 0.4) is 0 Å². The third-order valence-corrected chi connectivity index (χ3v) is 3.78. The van der Waals surface area contributed by atoms with Gasteiger partial charge in [-0.25, -0.2) is 0 Å². The van der Waals surface area contributed by atoms with Crippen molar-refractivity contribution >= 4 is 29.9 Å². The zero-order valence-electron chi connectivity index (χ0n) is 16.8. The molecule has 154 valence electrons. The molecule has 1 unspecified atom stereocenters. The lowest BCUT2D eigenvalue weighted by Crippen LogP contribution is -2.38. The summed E-state index contributed by atoms with van der Waals surface area (Å²) in [4.78, 5) is 8.81. The fourth-order valence-electron chi connectivity index (χ4n) is 2.55. The molecule has 1 aromatic carbocycles. The van der Waals surface area contributed by atoms with Gasteiger partial charge in [-0.3, -0.25) is 9.98 Å². The number of ether oxygens (including phenoxy) is 1. The summed E-state index contributed by atoms with van der Waals surface area (Å²) in [7, 11) is 0. The fraction of sp³-hybridized carbons (Fsp3) is 0.429. The molecule has 1 heterocycles. The summed E-state index contributed by atoms with van der Waals surface area (Å²) in [5.74, 6) is 1.44. The second kappa shape index (κ2) is 13.3. The number of hydrogen-bond donors (Lipinski definition) is 3. The van der Waals surface area contributed by atoms with Crippen LogP contribution < -0.4 is 15.4 Å². The van der Waals surface area contributed by atoms with Crippen molar-refractivity contribution in [2.75, 3.05) is 19.6 Å². The minimum atomic E-state index is -0.688. The van der Waals surface area contributed by atoms with E-state index in [4.69, 9.17) is 4.74 Å². The summed E-state index contributed by atoms with van der Waals surface area (Å²) in [6.07, 6.45) is 2.01. The van der Waals surface area contributed by atoms with Crippen LogP contribution in [0.4, 0.5) is 0 Å². The number of halogens is 1. The number of aliphatic hydroxyl groups excluding tert-OH is 1. The van der Waals surface area contributed by atoms with Crippen molar-refractivity contribution < 1.29 is 9.84 Å². The zero-order valence-corrected chi connectivity index (χ0v) is 19.1. The highest BCUT2D eigenvalue weighted by atomic mass is 127. The number of aromatic nitrogens is 1. The smallest absolute Gasteiger partial charge is 0.191 e. The van der Waals surface area contributed by atoms with Crippen molar-refractivity contribution in [1.82, 2.24) is 15.6 Å². The maximum atomic E-state index is 10.5. The van der Waals surface area contributed by atoms with Gasteiger partial charge < -0.3 is 20.5 Å². The summed E-state index contributed by atoms with van der Waals surface area (Å²) in [6.45, 7) is 7.71. The van der Waals surface area contributed by atoms with Crippen LogP contribution in [0, 0.1) is 0 Å². The zero-order chi connectivity index (χ0) is 19.5. The second-order valence-electron chi connectivity index (χ2n) is 6.47. The predicted molar refractivity (Wildman–Crippen MR) is 125 cm³/mol. The lowest BCUT2D eigenvalue weighted by Gasteiger charge is -2.15. The molecule has 1 atom stereocenters. The summed E-state index contributed by atoms with van der Waals surface area (Å²) in [5, 5.41) is 16.9. The highest BCUT2D eigenvalue weighted by Gasteiger charge is 2.09. The molecule has 3 N–H and O–H groups in total. The molecule has 7 heteroatoms. The number of benzene rings is 1. The van der Waals surface area contributed by atoms with E-state index >= 15 is 0 Å². The van der Waals surface area contributed by atoms with Crippen LogP contribution in [0.15, 0.2) is 53.7 Å². The van der Waals surface area contributed by atoms with Gasteiger partial charge in [-0.05, 0) is 50.6 Å². The third-order valence-electron chi connectivity index (χ3n) is 3.78. The topological polar surface area (TPSA) is 78.8 Å². The fourth-order valence-corrected chi connectivity index (χ4v) is 2.55. The monoisotopic (exact) mass is 498 g/mol. The van der Waals surface area contributed by atoms with Gasteiger partial charge in [0.25, 0.3) is 0 Å². The number of rotatable bonds is 9. The van der Waals surface area contributed by atoms with Crippen molar-refractivity contribution in [3.8, 4) is 5.75 Å². The van der Waals surface area contributed by atoms with Gasteiger partial charge in [0.2, 0.25) is 0 Å². The third kappa shape index (κ3) is 8.88. The molecule has 0 amide bonds. The molecule has 0 radical (unpaired) electrons. The Morgan fingerprint density at radius 2 is 2.00 bits per heavy atom. The minimum absolute atomic E-state index is 0. The molecule has 0 saturated carbocycles. The van der Waals surface area contributed by atoms with E-state index in [2.05, 4.69) is 20.6 Å². The summed E-state index contributed by atoms with van der Waals surface area (Å²) in [6, 6.07) is 13.4. The quantitative estimate of drug-likeness (QED) is 0.281. The van der Waals surface area contributed by atoms with Crippen molar-refractivity contribution in [2.45, 2.75) is 39.4 Å². The average molecular weight is 498 g/mol. The molecule has 2 aromatic rings. The van der Waals surface area contributed by atoms with Crippen molar-refractivity contribution in [2.24, 2.45) is 4.99 Å². The molecule has 28 heavy (non-hydrogen) atoms. The Hall–Kier alpha value is -1.87. The van der Waals surface area contributed by atoms with Crippen LogP contribution in [-0.2, 0) is 6.42 Å². The van der Waals surface area contributed by atoms with Crippen molar-refractivity contribution in [1.29, 1.82) is 0 Å². The average Bonchev–Trinajstić information content (AvgIpc) is 2.66. The van der Waals surface area contributed by atoms with E-state index in [-0.39, 0.29) is 36.6 Å². The Morgan fingerprint density at radius 1 is 1.18 bits per heavy atom. The van der Waals surface area contributed by atoms with Crippen molar-refractivity contribution in [3.63, 3.8) is 0 Å². The number of aliphatic hydroxyl groups is 1. The molecule has 1 aromatic heterocycles. The number of nitrogens with zero attached hydrogens (tertiary/aromatic N) is 2. The van der Waals surface area contributed by atoms with Crippen LogP contribution >= 0.6 is 24.0 Å². The van der Waals surface area contributed by atoms with E-state index in [0.717, 1.165) is 36.5 Å². The number of guanidine groups is 1. The van der Waals surface area contributed by atoms with Gasteiger partial charge in [-0.2, -0.15) is 0 Å². The van der Waals surface area contributed by atoms with Gasteiger partial charge in [-0.1, -0.05) is 18.2 Å². The van der Waals surface area contributed by atoms with Gasteiger partial charge in [0.15, 0.2) is 5.96 Å². The van der Waals surface area contributed by atoms with Crippen LogP contribution in [0.5, 0.6) is 5.75 Å². The number of pyridine rings is 1. The van der Waals surface area contributed by atoms with Gasteiger partial charge in [0.05, 0.1) is 18.8 Å². The molecule has 0 aliphatic heterocycles. The molecule has 0 spiro atoms. The lowest BCUT2D eigenvalue weighted by molar-refractivity contribution is 0.185. The summed E-state index contributed by atoms with van der Waals surface area (Å²) in [5.41, 5.74) is 1.82. The molecular weight excluding hydrogens is 467 g/mol. The molecule has 0 saturated heterocycles. The Bertz CT molecular complexity index is 711. The standard InChI is InChI=1S/C21H30N4O2.HI/c1-4-22-21(24-13-11-18-9-5-6-12-23-18)25-15-20(26)17-8-7-10-19(14-17)27-16(2)3;/h5-10,12,14,16,20,26H,4,11,13,15H2,1-3H3,(H2,22,24,25);1H. The number of nitrogens with one attached hydrogen (secondary N) is 2. The minimum Gasteiger partial charge on any atom is -0.491 e. The number of aliphatic imine (C=N–C) groups is 1. The van der Waals surface area contributed by atoms with E-state index in [1.165, 1.54) is 0 Å². The first-order valence-corrected chi connectivity index (χ1v) is 9.45. The molecule has 0 fully saturated rings.